The number of amides is 1. The first kappa shape index (κ1) is 18.1. The fourth-order valence-corrected chi connectivity index (χ4v) is 3.23. The van der Waals surface area contributed by atoms with Crippen LogP contribution in [-0.2, 0) is 9.53 Å². The van der Waals surface area contributed by atoms with Gasteiger partial charge in [0, 0.05) is 12.7 Å². The zero-order valence-corrected chi connectivity index (χ0v) is 14.9. The van der Waals surface area contributed by atoms with Crippen molar-refractivity contribution in [1.82, 2.24) is 14.9 Å². The topological polar surface area (TPSA) is 72.4 Å². The molecular formula is C17H21N3O3S. The quantitative estimate of drug-likeness (QED) is 0.720. The zero-order chi connectivity index (χ0) is 17.5. The second-order valence-electron chi connectivity index (χ2n) is 5.18. The fourth-order valence-electron chi connectivity index (χ4n) is 2.22. The van der Waals surface area contributed by atoms with Gasteiger partial charge in [0.15, 0.2) is 0 Å². The van der Waals surface area contributed by atoms with Gasteiger partial charge in [0.2, 0.25) is 0 Å². The van der Waals surface area contributed by atoms with Crippen molar-refractivity contribution < 1.29 is 14.3 Å². The standard InChI is InChI=1S/C17H21N3O3S/c1-4-10-20(11-14(21)23-5-2)17(22)15-12(3)19-16(24-15)13-8-6-7-9-18-13/h6-9H,4-5,10-11H2,1-3H3. The molecule has 2 rings (SSSR count). The number of thiazole rings is 1. The number of ether oxygens (including phenoxy) is 1. The number of carbonyl (C=O) groups excluding carboxylic acids is 2. The smallest absolute Gasteiger partial charge is 0.325 e. The van der Waals surface area contributed by atoms with Gasteiger partial charge in [-0.05, 0) is 32.4 Å². The maximum absolute atomic E-state index is 12.8. The number of nitrogens with zero attached hydrogens (tertiary/aromatic N) is 3. The summed E-state index contributed by atoms with van der Waals surface area (Å²) >= 11 is 1.30. The highest BCUT2D eigenvalue weighted by molar-refractivity contribution is 7.17. The van der Waals surface area contributed by atoms with Crippen molar-refractivity contribution in [2.75, 3.05) is 19.7 Å². The second kappa shape index (κ2) is 8.54. The van der Waals surface area contributed by atoms with E-state index in [1.165, 1.54) is 16.2 Å². The van der Waals surface area contributed by atoms with Gasteiger partial charge < -0.3 is 9.64 Å². The third-order valence-corrected chi connectivity index (χ3v) is 4.45. The maximum Gasteiger partial charge on any atom is 0.325 e. The third kappa shape index (κ3) is 4.38. The number of rotatable bonds is 7. The maximum atomic E-state index is 12.8. The van der Waals surface area contributed by atoms with E-state index in [2.05, 4.69) is 9.97 Å². The number of hydrogen-bond acceptors (Lipinski definition) is 6. The fraction of sp³-hybridized carbons (Fsp3) is 0.412. The van der Waals surface area contributed by atoms with Gasteiger partial charge in [0.05, 0.1) is 18.0 Å². The Hall–Kier alpha value is -2.28. The van der Waals surface area contributed by atoms with Crippen molar-refractivity contribution in [2.45, 2.75) is 27.2 Å². The molecule has 0 atom stereocenters. The Labute approximate surface area is 145 Å². The molecule has 0 bridgehead atoms. The lowest BCUT2D eigenvalue weighted by atomic mass is 10.3. The van der Waals surface area contributed by atoms with Crippen LogP contribution < -0.4 is 0 Å². The van der Waals surface area contributed by atoms with E-state index in [4.69, 9.17) is 4.74 Å². The molecule has 0 aliphatic heterocycles. The molecule has 2 aromatic rings. The predicted molar refractivity (Wildman–Crippen MR) is 92.9 cm³/mol. The van der Waals surface area contributed by atoms with Crippen LogP contribution in [0.25, 0.3) is 10.7 Å². The number of carbonyl (C=O) groups is 2. The summed E-state index contributed by atoms with van der Waals surface area (Å²) in [5.41, 5.74) is 1.38. The van der Waals surface area contributed by atoms with Gasteiger partial charge in [-0.3, -0.25) is 14.6 Å². The molecule has 24 heavy (non-hydrogen) atoms. The summed E-state index contributed by atoms with van der Waals surface area (Å²) in [5, 5.41) is 0.698. The molecule has 1 amide bonds. The average molecular weight is 347 g/mol. The van der Waals surface area contributed by atoms with Crippen molar-refractivity contribution >= 4 is 23.2 Å². The first-order valence-corrected chi connectivity index (χ1v) is 8.72. The van der Waals surface area contributed by atoms with Gasteiger partial charge in [-0.15, -0.1) is 11.3 Å². The molecule has 6 nitrogen and oxygen atoms in total. The highest BCUT2D eigenvalue weighted by Gasteiger charge is 2.24. The van der Waals surface area contributed by atoms with E-state index in [1.807, 2.05) is 25.1 Å². The van der Waals surface area contributed by atoms with E-state index < -0.39 is 5.97 Å². The minimum absolute atomic E-state index is 0.0449. The summed E-state index contributed by atoms with van der Waals surface area (Å²) in [4.78, 5) is 35.3. The van der Waals surface area contributed by atoms with Crippen LogP contribution in [0.5, 0.6) is 0 Å². The summed E-state index contributed by atoms with van der Waals surface area (Å²) in [6.07, 6.45) is 2.45. The van der Waals surface area contributed by atoms with E-state index in [0.29, 0.717) is 28.7 Å². The van der Waals surface area contributed by atoms with Crippen molar-refractivity contribution in [1.29, 1.82) is 0 Å². The monoisotopic (exact) mass is 347 g/mol. The lowest BCUT2D eigenvalue weighted by Crippen LogP contribution is -2.37. The number of pyridine rings is 1. The van der Waals surface area contributed by atoms with Crippen molar-refractivity contribution in [2.24, 2.45) is 0 Å². The molecule has 0 unspecified atom stereocenters. The highest BCUT2D eigenvalue weighted by atomic mass is 32.1. The zero-order valence-electron chi connectivity index (χ0n) is 14.1. The summed E-state index contributed by atoms with van der Waals surface area (Å²) in [5.74, 6) is -0.589. The molecule has 0 saturated carbocycles. The Bertz CT molecular complexity index is 700. The molecule has 2 heterocycles. The van der Waals surface area contributed by atoms with Crippen LogP contribution in [-0.4, -0.2) is 46.4 Å². The van der Waals surface area contributed by atoms with Gasteiger partial charge >= 0.3 is 5.97 Å². The van der Waals surface area contributed by atoms with E-state index in [1.54, 1.807) is 20.0 Å². The minimum Gasteiger partial charge on any atom is -0.465 e. The molecule has 128 valence electrons. The van der Waals surface area contributed by atoms with Gasteiger partial charge in [-0.1, -0.05) is 13.0 Å². The molecule has 0 N–H and O–H groups in total. The van der Waals surface area contributed by atoms with E-state index in [-0.39, 0.29) is 12.5 Å². The Balaban J connectivity index is 2.23. The molecule has 0 saturated heterocycles. The predicted octanol–water partition coefficient (Wildman–Crippen LogP) is 2.93. The number of esters is 1. The lowest BCUT2D eigenvalue weighted by Gasteiger charge is -2.20. The molecular weight excluding hydrogens is 326 g/mol. The average Bonchev–Trinajstić information content (AvgIpc) is 2.97. The molecule has 0 radical (unpaired) electrons. The molecule has 2 aromatic heterocycles. The Morgan fingerprint density at radius 3 is 2.71 bits per heavy atom. The Morgan fingerprint density at radius 1 is 1.29 bits per heavy atom. The van der Waals surface area contributed by atoms with Crippen molar-refractivity contribution in [3.8, 4) is 10.7 Å². The Kier molecular flexibility index (Phi) is 6.43. The normalized spacial score (nSPS) is 10.5. The van der Waals surface area contributed by atoms with Crippen LogP contribution in [0.1, 0.15) is 35.6 Å². The summed E-state index contributed by atoms with van der Waals surface area (Å²) in [7, 11) is 0. The van der Waals surface area contributed by atoms with Crippen LogP contribution in [0.15, 0.2) is 24.4 Å². The van der Waals surface area contributed by atoms with E-state index in [9.17, 15) is 9.59 Å². The van der Waals surface area contributed by atoms with Crippen molar-refractivity contribution in [3.05, 3.63) is 35.0 Å². The number of hydrogen-bond donors (Lipinski definition) is 0. The Morgan fingerprint density at radius 2 is 2.08 bits per heavy atom. The van der Waals surface area contributed by atoms with E-state index >= 15 is 0 Å². The molecule has 7 heteroatoms. The summed E-state index contributed by atoms with van der Waals surface area (Å²) < 4.78 is 4.95. The lowest BCUT2D eigenvalue weighted by molar-refractivity contribution is -0.143. The molecule has 0 spiro atoms. The molecule has 0 aliphatic carbocycles. The van der Waals surface area contributed by atoms with Gasteiger partial charge in [-0.25, -0.2) is 4.98 Å². The van der Waals surface area contributed by atoms with Crippen LogP contribution in [0.2, 0.25) is 0 Å². The molecule has 0 aromatic carbocycles. The summed E-state index contributed by atoms with van der Waals surface area (Å²) in [6.45, 7) is 6.26. The van der Waals surface area contributed by atoms with Crippen LogP contribution in [0, 0.1) is 6.92 Å². The van der Waals surface area contributed by atoms with Gasteiger partial charge in [0.25, 0.3) is 5.91 Å². The largest absolute Gasteiger partial charge is 0.465 e. The number of aryl methyl sites for hydroxylation is 1. The van der Waals surface area contributed by atoms with Crippen LogP contribution >= 0.6 is 11.3 Å². The van der Waals surface area contributed by atoms with Gasteiger partial charge in [0.1, 0.15) is 16.4 Å². The van der Waals surface area contributed by atoms with Crippen molar-refractivity contribution in [3.63, 3.8) is 0 Å². The first-order valence-electron chi connectivity index (χ1n) is 7.90. The minimum atomic E-state index is -0.397. The first-order chi connectivity index (χ1) is 11.6. The SMILES string of the molecule is CCCN(CC(=O)OCC)C(=O)c1sc(-c2ccccn2)nc1C. The van der Waals surface area contributed by atoms with Gasteiger partial charge in [-0.2, -0.15) is 0 Å². The van der Waals surface area contributed by atoms with Crippen LogP contribution in [0.4, 0.5) is 0 Å². The summed E-state index contributed by atoms with van der Waals surface area (Å²) in [6, 6.07) is 5.57. The molecule has 0 aliphatic rings. The third-order valence-electron chi connectivity index (χ3n) is 3.28. The highest BCUT2D eigenvalue weighted by Crippen LogP contribution is 2.27. The molecule has 0 fully saturated rings. The number of aromatic nitrogens is 2. The second-order valence-corrected chi connectivity index (χ2v) is 6.18. The van der Waals surface area contributed by atoms with E-state index in [0.717, 1.165) is 12.1 Å². The van der Waals surface area contributed by atoms with Crippen LogP contribution in [0.3, 0.4) is 0 Å².